The number of hydrogen-bond acceptors (Lipinski definition) is 6. The first-order valence-electron chi connectivity index (χ1n) is 8.56. The fraction of sp³-hybridized carbons (Fsp3) is 0.526. The first-order chi connectivity index (χ1) is 12.2. The molecule has 142 valence electrons. The number of halogens is 1. The fourth-order valence-corrected chi connectivity index (χ4v) is 3.59. The van der Waals surface area contributed by atoms with Crippen LogP contribution < -0.4 is 0 Å². The van der Waals surface area contributed by atoms with E-state index in [2.05, 4.69) is 0 Å². The van der Waals surface area contributed by atoms with Crippen LogP contribution in [0, 0.1) is 17.7 Å². The molecule has 0 amide bonds. The monoisotopic (exact) mass is 366 g/mol. The van der Waals surface area contributed by atoms with Crippen molar-refractivity contribution in [2.45, 2.75) is 38.7 Å². The Hall–Kier alpha value is -2.28. The highest BCUT2D eigenvalue weighted by atomic mass is 19.1. The van der Waals surface area contributed by atoms with E-state index >= 15 is 0 Å². The maximum atomic E-state index is 13.8. The van der Waals surface area contributed by atoms with Gasteiger partial charge in [0.15, 0.2) is 5.78 Å². The van der Waals surface area contributed by atoms with Crippen LogP contribution in [0.15, 0.2) is 24.3 Å². The zero-order chi connectivity index (χ0) is 19.5. The van der Waals surface area contributed by atoms with Gasteiger partial charge < -0.3 is 14.6 Å². The van der Waals surface area contributed by atoms with E-state index in [1.165, 1.54) is 25.1 Å². The number of hydrogen-bond donors (Lipinski definition) is 1. The largest absolute Gasteiger partial charge is 0.466 e. The lowest BCUT2D eigenvalue weighted by Crippen LogP contribution is -2.55. The van der Waals surface area contributed by atoms with Crippen LogP contribution in [0.3, 0.4) is 0 Å². The van der Waals surface area contributed by atoms with E-state index in [0.29, 0.717) is 0 Å². The number of Topliss-reactive ketones (excluding diaryl/α,β-unsaturated/α-hetero) is 1. The molecule has 1 aromatic rings. The number of rotatable bonds is 5. The SMILES string of the molecule is CCOC(=O)[C@@H]1C(=O)C[C@@](C)(O)[C@@H](C(=O)OCC)[C@@H]1c1cccc(F)c1. The Kier molecular flexibility index (Phi) is 6.13. The standard InChI is InChI=1S/C19H23FO6/c1-4-25-17(22)15-13(21)10-19(3,24)16(18(23)26-5-2)14(15)11-7-6-8-12(20)9-11/h6-9,14-16,24H,4-5,10H2,1-3H3/t14-,15-,16-,19-/m1/s1. The molecule has 1 saturated carbocycles. The van der Waals surface area contributed by atoms with Crippen molar-refractivity contribution in [1.82, 2.24) is 0 Å². The van der Waals surface area contributed by atoms with Gasteiger partial charge in [-0.25, -0.2) is 4.39 Å². The Labute approximate surface area is 151 Å². The zero-order valence-corrected chi connectivity index (χ0v) is 15.0. The highest BCUT2D eigenvalue weighted by Crippen LogP contribution is 2.46. The summed E-state index contributed by atoms with van der Waals surface area (Å²) < 4.78 is 23.9. The maximum Gasteiger partial charge on any atom is 0.317 e. The molecular formula is C19H23FO6. The van der Waals surface area contributed by atoms with Gasteiger partial charge in [0.2, 0.25) is 0 Å². The molecule has 0 saturated heterocycles. The van der Waals surface area contributed by atoms with Crippen LogP contribution in [0.2, 0.25) is 0 Å². The Bertz CT molecular complexity index is 699. The Morgan fingerprint density at radius 1 is 1.23 bits per heavy atom. The third-order valence-electron chi connectivity index (χ3n) is 4.58. The van der Waals surface area contributed by atoms with E-state index in [9.17, 15) is 23.9 Å². The van der Waals surface area contributed by atoms with E-state index < -0.39 is 53.3 Å². The summed E-state index contributed by atoms with van der Waals surface area (Å²) in [4.78, 5) is 37.6. The molecule has 1 aliphatic carbocycles. The lowest BCUT2D eigenvalue weighted by atomic mass is 9.61. The van der Waals surface area contributed by atoms with Crippen LogP contribution in [-0.2, 0) is 23.9 Å². The third-order valence-corrected chi connectivity index (χ3v) is 4.58. The summed E-state index contributed by atoms with van der Waals surface area (Å²) in [6, 6.07) is 5.30. The molecule has 7 heteroatoms. The van der Waals surface area contributed by atoms with Gasteiger partial charge in [0.25, 0.3) is 0 Å². The van der Waals surface area contributed by atoms with E-state index in [1.54, 1.807) is 13.8 Å². The summed E-state index contributed by atoms with van der Waals surface area (Å²) in [5.74, 6) is -6.28. The minimum atomic E-state index is -1.73. The molecule has 1 N–H and O–H groups in total. The molecule has 0 radical (unpaired) electrons. The Morgan fingerprint density at radius 3 is 2.42 bits per heavy atom. The van der Waals surface area contributed by atoms with Crippen LogP contribution in [0.5, 0.6) is 0 Å². The summed E-state index contributed by atoms with van der Waals surface area (Å²) >= 11 is 0. The molecule has 0 aliphatic heterocycles. The Morgan fingerprint density at radius 2 is 1.85 bits per heavy atom. The van der Waals surface area contributed by atoms with E-state index in [4.69, 9.17) is 9.47 Å². The minimum Gasteiger partial charge on any atom is -0.466 e. The van der Waals surface area contributed by atoms with Crippen LogP contribution in [0.4, 0.5) is 4.39 Å². The second kappa shape index (κ2) is 7.95. The van der Waals surface area contributed by atoms with Crippen molar-refractivity contribution >= 4 is 17.7 Å². The second-order valence-corrected chi connectivity index (χ2v) is 6.54. The zero-order valence-electron chi connectivity index (χ0n) is 15.0. The number of carbonyl (C=O) groups excluding carboxylic acids is 3. The van der Waals surface area contributed by atoms with Crippen molar-refractivity contribution in [3.8, 4) is 0 Å². The van der Waals surface area contributed by atoms with Crippen molar-refractivity contribution in [3.05, 3.63) is 35.6 Å². The van der Waals surface area contributed by atoms with Crippen molar-refractivity contribution < 1.29 is 33.4 Å². The van der Waals surface area contributed by atoms with Crippen LogP contribution in [-0.4, -0.2) is 41.6 Å². The molecule has 0 heterocycles. The van der Waals surface area contributed by atoms with Crippen molar-refractivity contribution in [2.75, 3.05) is 13.2 Å². The smallest absolute Gasteiger partial charge is 0.317 e. The predicted octanol–water partition coefficient (Wildman–Crippen LogP) is 1.99. The number of benzene rings is 1. The second-order valence-electron chi connectivity index (χ2n) is 6.54. The van der Waals surface area contributed by atoms with Gasteiger partial charge in [0.05, 0.1) is 24.7 Å². The van der Waals surface area contributed by atoms with Gasteiger partial charge in [-0.05, 0) is 38.5 Å². The van der Waals surface area contributed by atoms with Crippen LogP contribution >= 0.6 is 0 Å². The average molecular weight is 366 g/mol. The molecule has 2 rings (SSSR count). The first-order valence-corrected chi connectivity index (χ1v) is 8.56. The van der Waals surface area contributed by atoms with Gasteiger partial charge in [-0.3, -0.25) is 14.4 Å². The maximum absolute atomic E-state index is 13.8. The quantitative estimate of drug-likeness (QED) is 0.633. The third kappa shape index (κ3) is 3.93. The summed E-state index contributed by atoms with van der Waals surface area (Å²) in [5, 5.41) is 10.8. The lowest BCUT2D eigenvalue weighted by Gasteiger charge is -2.43. The molecule has 1 fully saturated rings. The molecule has 1 aliphatic rings. The van der Waals surface area contributed by atoms with E-state index in [0.717, 1.165) is 6.07 Å². The number of carbonyl (C=O) groups is 3. The fourth-order valence-electron chi connectivity index (χ4n) is 3.59. The molecule has 26 heavy (non-hydrogen) atoms. The van der Waals surface area contributed by atoms with E-state index in [1.807, 2.05) is 0 Å². The van der Waals surface area contributed by atoms with Gasteiger partial charge in [0.1, 0.15) is 11.7 Å². The van der Waals surface area contributed by atoms with Crippen LogP contribution in [0.1, 0.15) is 38.7 Å². The minimum absolute atomic E-state index is 0.0545. The van der Waals surface area contributed by atoms with Crippen molar-refractivity contribution in [2.24, 2.45) is 11.8 Å². The summed E-state index contributed by atoms with van der Waals surface area (Å²) in [6.45, 7) is 4.68. The normalized spacial score (nSPS) is 28.5. The topological polar surface area (TPSA) is 89.9 Å². The van der Waals surface area contributed by atoms with E-state index in [-0.39, 0.29) is 18.8 Å². The highest BCUT2D eigenvalue weighted by Gasteiger charge is 2.57. The summed E-state index contributed by atoms with van der Waals surface area (Å²) in [5.41, 5.74) is -1.47. The lowest BCUT2D eigenvalue weighted by molar-refractivity contribution is -0.172. The highest BCUT2D eigenvalue weighted by molar-refractivity contribution is 6.02. The van der Waals surface area contributed by atoms with Gasteiger partial charge in [-0.2, -0.15) is 0 Å². The summed E-state index contributed by atoms with van der Waals surface area (Å²) in [7, 11) is 0. The van der Waals surface area contributed by atoms with Crippen LogP contribution in [0.25, 0.3) is 0 Å². The van der Waals surface area contributed by atoms with Crippen molar-refractivity contribution in [1.29, 1.82) is 0 Å². The predicted molar refractivity (Wildman–Crippen MR) is 89.6 cm³/mol. The molecule has 0 unspecified atom stereocenters. The first kappa shape index (κ1) is 20.0. The molecule has 4 atom stereocenters. The van der Waals surface area contributed by atoms with Gasteiger partial charge >= 0.3 is 11.9 Å². The number of aliphatic hydroxyl groups is 1. The van der Waals surface area contributed by atoms with Gasteiger partial charge in [-0.1, -0.05) is 12.1 Å². The number of ether oxygens (including phenoxy) is 2. The molecule has 0 spiro atoms. The molecule has 1 aromatic carbocycles. The Balaban J connectivity index is 2.61. The molecule has 0 aromatic heterocycles. The number of ketones is 1. The average Bonchev–Trinajstić information content (AvgIpc) is 2.53. The molecule has 0 bridgehead atoms. The van der Waals surface area contributed by atoms with Crippen molar-refractivity contribution in [3.63, 3.8) is 0 Å². The van der Waals surface area contributed by atoms with Gasteiger partial charge in [-0.15, -0.1) is 0 Å². The molecular weight excluding hydrogens is 343 g/mol. The summed E-state index contributed by atoms with van der Waals surface area (Å²) in [6.07, 6.45) is -0.397. The van der Waals surface area contributed by atoms with Gasteiger partial charge in [0, 0.05) is 12.3 Å². The molecule has 6 nitrogen and oxygen atoms in total. The number of esters is 2.